The lowest BCUT2D eigenvalue weighted by molar-refractivity contribution is 0.0528. The molecule has 0 aliphatic carbocycles. The molecule has 0 radical (unpaired) electrons. The van der Waals surface area contributed by atoms with Crippen LogP contribution in [0.3, 0.4) is 0 Å². The van der Waals surface area contributed by atoms with E-state index < -0.39 is 5.97 Å². The van der Waals surface area contributed by atoms with Crippen LogP contribution in [0, 0.1) is 0 Å². The Kier molecular flexibility index (Phi) is 5.65. The molecule has 6 heteroatoms. The molecule has 0 saturated heterocycles. The largest absolute Gasteiger partial charge is 0.462 e. The van der Waals surface area contributed by atoms with Crippen molar-refractivity contribution in [2.45, 2.75) is 6.92 Å². The summed E-state index contributed by atoms with van der Waals surface area (Å²) in [4.78, 5) is 27.7. The summed E-state index contributed by atoms with van der Waals surface area (Å²) in [5.41, 5.74) is 1.86. The zero-order chi connectivity index (χ0) is 16.4. The van der Waals surface area contributed by atoms with Crippen molar-refractivity contribution < 1.29 is 9.53 Å². The van der Waals surface area contributed by atoms with Gasteiger partial charge in [0.1, 0.15) is 0 Å². The van der Waals surface area contributed by atoms with Crippen LogP contribution in [0.1, 0.15) is 17.3 Å². The maximum Gasteiger partial charge on any atom is 0.340 e. The van der Waals surface area contributed by atoms with Crippen LogP contribution in [0.4, 0.5) is 0 Å². The number of pyridine rings is 1. The predicted molar refractivity (Wildman–Crippen MR) is 98.2 cm³/mol. The third-order valence-corrected chi connectivity index (χ3v) is 3.85. The van der Waals surface area contributed by atoms with Crippen molar-refractivity contribution in [1.29, 1.82) is 0 Å². The van der Waals surface area contributed by atoms with Gasteiger partial charge in [-0.3, -0.25) is 4.79 Å². The zero-order valence-electron chi connectivity index (χ0n) is 12.8. The molecule has 0 atom stereocenters. The van der Waals surface area contributed by atoms with Crippen LogP contribution in [0.15, 0.2) is 53.3 Å². The Morgan fingerprint density at radius 3 is 2.62 bits per heavy atom. The Morgan fingerprint density at radius 2 is 1.92 bits per heavy atom. The van der Waals surface area contributed by atoms with E-state index in [1.807, 2.05) is 18.2 Å². The highest BCUT2D eigenvalue weighted by atomic mass is 35.5. The van der Waals surface area contributed by atoms with E-state index in [4.69, 9.17) is 16.3 Å². The molecule has 0 fully saturated rings. The van der Waals surface area contributed by atoms with E-state index in [1.54, 1.807) is 31.2 Å². The van der Waals surface area contributed by atoms with Gasteiger partial charge in [0.2, 0.25) is 0 Å². The second-order valence-electron chi connectivity index (χ2n) is 4.98. The monoisotopic (exact) mass is 363 g/mol. The predicted octanol–water partition coefficient (Wildman–Crippen LogP) is 4.45. The van der Waals surface area contributed by atoms with E-state index in [-0.39, 0.29) is 24.4 Å². The lowest BCUT2D eigenvalue weighted by Crippen LogP contribution is -2.10. The number of hydrogen-bond acceptors (Lipinski definition) is 3. The van der Waals surface area contributed by atoms with Gasteiger partial charge in [0, 0.05) is 22.0 Å². The molecule has 0 aliphatic heterocycles. The first-order chi connectivity index (χ1) is 11.1. The number of aromatic amines is 1. The van der Waals surface area contributed by atoms with Crippen LogP contribution in [-0.4, -0.2) is 17.6 Å². The van der Waals surface area contributed by atoms with Crippen molar-refractivity contribution >= 4 is 40.9 Å². The van der Waals surface area contributed by atoms with Crippen LogP contribution in [0.2, 0.25) is 5.02 Å². The zero-order valence-corrected chi connectivity index (χ0v) is 14.4. The number of aromatic nitrogens is 1. The normalized spacial score (nSPS) is 10.2. The fourth-order valence-electron chi connectivity index (χ4n) is 2.48. The topological polar surface area (TPSA) is 59.2 Å². The summed E-state index contributed by atoms with van der Waals surface area (Å²) in [5, 5.41) is 0.961. The van der Waals surface area contributed by atoms with Crippen LogP contribution >= 0.6 is 24.0 Å². The number of rotatable bonds is 3. The van der Waals surface area contributed by atoms with Crippen molar-refractivity contribution in [2.75, 3.05) is 6.61 Å². The highest BCUT2D eigenvalue weighted by Gasteiger charge is 2.14. The van der Waals surface area contributed by atoms with Gasteiger partial charge in [-0.2, -0.15) is 0 Å². The van der Waals surface area contributed by atoms with Gasteiger partial charge in [-0.15, -0.1) is 12.4 Å². The molecule has 24 heavy (non-hydrogen) atoms. The minimum atomic E-state index is -0.468. The molecule has 3 aromatic rings. The lowest BCUT2D eigenvalue weighted by atomic mass is 10.1. The summed E-state index contributed by atoms with van der Waals surface area (Å²) >= 11 is 6.20. The van der Waals surface area contributed by atoms with Crippen molar-refractivity contribution in [1.82, 2.24) is 4.98 Å². The van der Waals surface area contributed by atoms with Gasteiger partial charge in [0.05, 0.1) is 23.4 Å². The average molecular weight is 364 g/mol. The molecule has 4 nitrogen and oxygen atoms in total. The van der Waals surface area contributed by atoms with Crippen LogP contribution in [0.5, 0.6) is 0 Å². The number of hydrogen-bond donors (Lipinski definition) is 1. The molecule has 2 aromatic carbocycles. The number of para-hydroxylation sites is 1. The fourth-order valence-corrected chi connectivity index (χ4v) is 2.71. The van der Waals surface area contributed by atoms with Crippen molar-refractivity contribution in [3.8, 4) is 11.3 Å². The van der Waals surface area contributed by atoms with Crippen molar-refractivity contribution in [3.05, 3.63) is 69.3 Å². The maximum absolute atomic E-state index is 12.4. The number of esters is 1. The maximum atomic E-state index is 12.4. The Balaban J connectivity index is 0.00000208. The number of H-pyrrole nitrogens is 1. The van der Waals surface area contributed by atoms with Gasteiger partial charge < -0.3 is 9.72 Å². The summed E-state index contributed by atoms with van der Waals surface area (Å²) in [6.45, 7) is 2.00. The second-order valence-corrected chi connectivity index (χ2v) is 5.38. The molecule has 1 heterocycles. The summed E-state index contributed by atoms with van der Waals surface area (Å²) in [5.74, 6) is -0.468. The molecule has 124 valence electrons. The van der Waals surface area contributed by atoms with E-state index in [9.17, 15) is 9.59 Å². The van der Waals surface area contributed by atoms with E-state index in [0.29, 0.717) is 32.7 Å². The minimum absolute atomic E-state index is 0. The number of nitrogens with one attached hydrogen (secondary N) is 1. The molecule has 0 spiro atoms. The molecule has 0 unspecified atom stereocenters. The third-order valence-electron chi connectivity index (χ3n) is 3.52. The number of fused-ring (bicyclic) bond motifs is 1. The van der Waals surface area contributed by atoms with Gasteiger partial charge in [0.15, 0.2) is 5.43 Å². The molecule has 0 aliphatic rings. The smallest absolute Gasteiger partial charge is 0.340 e. The third kappa shape index (κ3) is 3.30. The van der Waals surface area contributed by atoms with Crippen LogP contribution in [-0.2, 0) is 4.74 Å². The Hall–Kier alpha value is -2.30. The molecular weight excluding hydrogens is 349 g/mol. The summed E-state index contributed by atoms with van der Waals surface area (Å²) < 4.78 is 5.06. The van der Waals surface area contributed by atoms with Crippen LogP contribution < -0.4 is 5.43 Å². The second kappa shape index (κ2) is 7.51. The number of benzene rings is 2. The van der Waals surface area contributed by atoms with Gasteiger partial charge in [-0.1, -0.05) is 35.9 Å². The lowest BCUT2D eigenvalue weighted by Gasteiger charge is -2.09. The number of carbonyl (C=O) groups is 1. The summed E-state index contributed by atoms with van der Waals surface area (Å²) in [6, 6.07) is 13.7. The van der Waals surface area contributed by atoms with Crippen LogP contribution in [0.25, 0.3) is 22.2 Å². The minimum Gasteiger partial charge on any atom is -0.462 e. The number of carbonyl (C=O) groups excluding carboxylic acids is 1. The van der Waals surface area contributed by atoms with E-state index in [2.05, 4.69) is 4.98 Å². The Morgan fingerprint density at radius 1 is 1.17 bits per heavy atom. The average Bonchev–Trinajstić information content (AvgIpc) is 2.55. The Labute approximate surface area is 149 Å². The first-order valence-corrected chi connectivity index (χ1v) is 7.57. The van der Waals surface area contributed by atoms with Crippen molar-refractivity contribution in [3.63, 3.8) is 0 Å². The molecular formula is C18H15Cl2NO3. The molecule has 0 bridgehead atoms. The quantitative estimate of drug-likeness (QED) is 0.699. The van der Waals surface area contributed by atoms with Gasteiger partial charge in [-0.25, -0.2) is 4.79 Å². The SMILES string of the molecule is CCOC(=O)c1cccc2c(=O)cc(-c3ccccc3Cl)[nH]c12.Cl. The number of ether oxygens (including phenoxy) is 1. The van der Waals surface area contributed by atoms with Gasteiger partial charge >= 0.3 is 5.97 Å². The molecule has 3 rings (SSSR count). The first kappa shape index (κ1) is 18.0. The fraction of sp³-hybridized carbons (Fsp3) is 0.111. The molecule has 1 aromatic heterocycles. The van der Waals surface area contributed by atoms with Gasteiger partial charge in [0.25, 0.3) is 0 Å². The molecule has 0 amide bonds. The Bertz CT molecular complexity index is 950. The van der Waals surface area contributed by atoms with E-state index in [0.717, 1.165) is 0 Å². The standard InChI is InChI=1S/C18H14ClNO3.ClH/c1-2-23-18(22)13-8-5-7-12-16(21)10-15(20-17(12)13)11-6-3-4-9-14(11)19;/h3-10H,2H2,1H3,(H,20,21);1H. The van der Waals surface area contributed by atoms with E-state index in [1.165, 1.54) is 6.07 Å². The van der Waals surface area contributed by atoms with Gasteiger partial charge in [-0.05, 0) is 25.1 Å². The number of halogens is 2. The highest BCUT2D eigenvalue weighted by Crippen LogP contribution is 2.27. The molecule has 0 saturated carbocycles. The van der Waals surface area contributed by atoms with E-state index >= 15 is 0 Å². The summed E-state index contributed by atoms with van der Waals surface area (Å²) in [7, 11) is 0. The molecule has 1 N–H and O–H groups in total. The highest BCUT2D eigenvalue weighted by molar-refractivity contribution is 6.33. The van der Waals surface area contributed by atoms with Crippen molar-refractivity contribution in [2.24, 2.45) is 0 Å². The first-order valence-electron chi connectivity index (χ1n) is 7.20. The summed E-state index contributed by atoms with van der Waals surface area (Å²) in [6.07, 6.45) is 0.